The van der Waals surface area contributed by atoms with Gasteiger partial charge in [0.1, 0.15) is 18.0 Å². The van der Waals surface area contributed by atoms with Crippen molar-refractivity contribution in [2.75, 3.05) is 11.1 Å². The van der Waals surface area contributed by atoms with E-state index in [0.29, 0.717) is 18.2 Å². The first-order valence-corrected chi connectivity index (χ1v) is 4.54. The molecular formula is C9H12N6. The number of hydrogen-bond donors (Lipinski definition) is 2. The minimum atomic E-state index is 0.452. The summed E-state index contributed by atoms with van der Waals surface area (Å²) in [5.41, 5.74) is 6.47. The summed E-state index contributed by atoms with van der Waals surface area (Å²) in [5.74, 6) is 1.15. The number of hydrogen-bond acceptors (Lipinski definition) is 5. The minimum absolute atomic E-state index is 0.452. The highest BCUT2D eigenvalue weighted by molar-refractivity contribution is 5.43. The zero-order valence-corrected chi connectivity index (χ0v) is 8.38. The van der Waals surface area contributed by atoms with Gasteiger partial charge in [0.15, 0.2) is 0 Å². The van der Waals surface area contributed by atoms with E-state index in [1.54, 1.807) is 10.7 Å². The number of nitrogens with one attached hydrogen (secondary N) is 1. The molecule has 2 aromatic rings. The average Bonchev–Trinajstić information content (AvgIpc) is 2.62. The molecule has 2 heterocycles. The van der Waals surface area contributed by atoms with E-state index >= 15 is 0 Å². The average molecular weight is 204 g/mol. The Labute approximate surface area is 87.2 Å². The minimum Gasteiger partial charge on any atom is -0.384 e. The van der Waals surface area contributed by atoms with Crippen LogP contribution in [-0.4, -0.2) is 19.7 Å². The Hall–Kier alpha value is -2.11. The van der Waals surface area contributed by atoms with Crippen LogP contribution < -0.4 is 11.1 Å². The number of nitrogens with two attached hydrogens (primary N) is 1. The molecule has 0 aliphatic heterocycles. The fourth-order valence-corrected chi connectivity index (χ4v) is 1.21. The number of nitrogen functional groups attached to an aromatic ring is 1. The maximum atomic E-state index is 5.52. The summed E-state index contributed by atoms with van der Waals surface area (Å²) in [6, 6.07) is 3.63. The molecule has 0 radical (unpaired) electrons. The second-order valence-corrected chi connectivity index (χ2v) is 3.16. The van der Waals surface area contributed by atoms with Crippen LogP contribution in [0.3, 0.4) is 0 Å². The number of rotatable bonds is 3. The molecule has 0 aromatic carbocycles. The second-order valence-electron chi connectivity index (χ2n) is 3.16. The number of nitrogens with zero attached hydrogens (tertiary/aromatic N) is 4. The lowest BCUT2D eigenvalue weighted by Gasteiger charge is -2.02. The van der Waals surface area contributed by atoms with E-state index in [9.17, 15) is 0 Å². The van der Waals surface area contributed by atoms with Gasteiger partial charge in [0.05, 0.1) is 12.2 Å². The molecule has 6 nitrogen and oxygen atoms in total. The lowest BCUT2D eigenvalue weighted by Crippen LogP contribution is -2.03. The van der Waals surface area contributed by atoms with Crippen LogP contribution >= 0.6 is 0 Å². The van der Waals surface area contributed by atoms with Crippen molar-refractivity contribution >= 4 is 11.6 Å². The first kappa shape index (κ1) is 9.45. The first-order valence-electron chi connectivity index (χ1n) is 4.54. The molecule has 6 heteroatoms. The third-order valence-corrected chi connectivity index (χ3v) is 1.91. The van der Waals surface area contributed by atoms with Gasteiger partial charge in [0.25, 0.3) is 0 Å². The summed E-state index contributed by atoms with van der Waals surface area (Å²) in [4.78, 5) is 7.83. The van der Waals surface area contributed by atoms with E-state index in [-0.39, 0.29) is 0 Å². The first-order chi connectivity index (χ1) is 7.24. The Balaban J connectivity index is 1.99. The summed E-state index contributed by atoms with van der Waals surface area (Å²) < 4.78 is 1.76. The van der Waals surface area contributed by atoms with E-state index in [1.807, 2.05) is 19.3 Å². The number of anilines is 2. The van der Waals surface area contributed by atoms with Gasteiger partial charge in [-0.1, -0.05) is 0 Å². The van der Waals surface area contributed by atoms with Gasteiger partial charge in [-0.3, -0.25) is 4.68 Å². The van der Waals surface area contributed by atoms with E-state index in [0.717, 1.165) is 5.69 Å². The van der Waals surface area contributed by atoms with Crippen LogP contribution in [0.1, 0.15) is 5.69 Å². The van der Waals surface area contributed by atoms with Crippen molar-refractivity contribution in [2.24, 2.45) is 7.05 Å². The fourth-order valence-electron chi connectivity index (χ4n) is 1.21. The summed E-state index contributed by atoms with van der Waals surface area (Å²) in [6.07, 6.45) is 3.32. The predicted molar refractivity (Wildman–Crippen MR) is 57.0 cm³/mol. The largest absolute Gasteiger partial charge is 0.384 e. The maximum Gasteiger partial charge on any atom is 0.131 e. The summed E-state index contributed by atoms with van der Waals surface area (Å²) >= 11 is 0. The molecule has 0 amide bonds. The molecule has 0 fully saturated rings. The molecule has 15 heavy (non-hydrogen) atoms. The molecule has 0 spiro atoms. The smallest absolute Gasteiger partial charge is 0.131 e. The van der Waals surface area contributed by atoms with E-state index in [1.165, 1.54) is 6.33 Å². The molecule has 0 bridgehead atoms. The lowest BCUT2D eigenvalue weighted by atomic mass is 10.4. The number of aryl methyl sites for hydroxylation is 1. The van der Waals surface area contributed by atoms with Crippen LogP contribution in [0.4, 0.5) is 11.6 Å². The SMILES string of the molecule is Cn1ccc(CNc2cc(N)ncn2)n1. The maximum absolute atomic E-state index is 5.52. The van der Waals surface area contributed by atoms with Crippen molar-refractivity contribution in [1.29, 1.82) is 0 Å². The molecule has 3 N–H and O–H groups in total. The van der Waals surface area contributed by atoms with E-state index in [4.69, 9.17) is 5.73 Å². The van der Waals surface area contributed by atoms with Gasteiger partial charge in [0, 0.05) is 19.3 Å². The van der Waals surface area contributed by atoms with Crippen LogP contribution in [-0.2, 0) is 13.6 Å². The van der Waals surface area contributed by atoms with Crippen molar-refractivity contribution in [2.45, 2.75) is 6.54 Å². The van der Waals surface area contributed by atoms with Crippen molar-refractivity contribution in [3.05, 3.63) is 30.4 Å². The third kappa shape index (κ3) is 2.43. The van der Waals surface area contributed by atoms with Crippen LogP contribution in [0.15, 0.2) is 24.7 Å². The Morgan fingerprint density at radius 3 is 3.00 bits per heavy atom. The highest BCUT2D eigenvalue weighted by atomic mass is 15.3. The van der Waals surface area contributed by atoms with Gasteiger partial charge in [0.2, 0.25) is 0 Å². The summed E-state index contributed by atoms with van der Waals surface area (Å²) in [5, 5.41) is 7.34. The number of aromatic nitrogens is 4. The van der Waals surface area contributed by atoms with Crippen molar-refractivity contribution in [3.8, 4) is 0 Å². The standard InChI is InChI=1S/C9H12N6/c1-15-3-2-7(14-15)5-11-9-4-8(10)12-6-13-9/h2-4,6H,5H2,1H3,(H3,10,11,12,13). The van der Waals surface area contributed by atoms with Crippen LogP contribution in [0.2, 0.25) is 0 Å². The lowest BCUT2D eigenvalue weighted by molar-refractivity contribution is 0.747. The molecule has 2 rings (SSSR count). The highest BCUT2D eigenvalue weighted by Gasteiger charge is 1.98. The zero-order chi connectivity index (χ0) is 10.7. The van der Waals surface area contributed by atoms with Gasteiger partial charge < -0.3 is 11.1 Å². The molecule has 2 aromatic heterocycles. The Morgan fingerprint density at radius 1 is 1.47 bits per heavy atom. The molecule has 0 aliphatic carbocycles. The zero-order valence-electron chi connectivity index (χ0n) is 8.38. The van der Waals surface area contributed by atoms with Gasteiger partial charge in [-0.2, -0.15) is 5.10 Å². The van der Waals surface area contributed by atoms with Gasteiger partial charge in [-0.15, -0.1) is 0 Å². The van der Waals surface area contributed by atoms with E-state index < -0.39 is 0 Å². The second kappa shape index (κ2) is 3.95. The Kier molecular flexibility index (Phi) is 2.49. The molecule has 0 saturated heterocycles. The van der Waals surface area contributed by atoms with Gasteiger partial charge in [-0.25, -0.2) is 9.97 Å². The fraction of sp³-hybridized carbons (Fsp3) is 0.222. The molecule has 0 saturated carbocycles. The van der Waals surface area contributed by atoms with Crippen LogP contribution in [0.5, 0.6) is 0 Å². The topological polar surface area (TPSA) is 81.7 Å². The molecular weight excluding hydrogens is 192 g/mol. The molecule has 78 valence electrons. The third-order valence-electron chi connectivity index (χ3n) is 1.91. The van der Waals surface area contributed by atoms with Crippen molar-refractivity contribution in [3.63, 3.8) is 0 Å². The molecule has 0 unspecified atom stereocenters. The quantitative estimate of drug-likeness (QED) is 0.756. The summed E-state index contributed by atoms with van der Waals surface area (Å²) in [6.45, 7) is 0.622. The van der Waals surface area contributed by atoms with Gasteiger partial charge >= 0.3 is 0 Å². The monoisotopic (exact) mass is 204 g/mol. The van der Waals surface area contributed by atoms with E-state index in [2.05, 4.69) is 20.4 Å². The predicted octanol–water partition coefficient (Wildman–Crippen LogP) is 0.404. The normalized spacial score (nSPS) is 10.2. The van der Waals surface area contributed by atoms with Crippen LogP contribution in [0, 0.1) is 0 Å². The van der Waals surface area contributed by atoms with Gasteiger partial charge in [-0.05, 0) is 6.07 Å². The molecule has 0 aliphatic rings. The summed E-state index contributed by atoms with van der Waals surface area (Å²) in [7, 11) is 1.88. The Morgan fingerprint density at radius 2 is 2.33 bits per heavy atom. The Bertz CT molecular complexity index is 449. The van der Waals surface area contributed by atoms with Crippen molar-refractivity contribution in [1.82, 2.24) is 19.7 Å². The van der Waals surface area contributed by atoms with Crippen molar-refractivity contribution < 1.29 is 0 Å². The highest BCUT2D eigenvalue weighted by Crippen LogP contribution is 2.06. The van der Waals surface area contributed by atoms with Crippen LogP contribution in [0.25, 0.3) is 0 Å². The molecule has 0 atom stereocenters.